The zero-order valence-electron chi connectivity index (χ0n) is 16.7. The zero-order valence-corrected chi connectivity index (χ0v) is 16.7. The van der Waals surface area contributed by atoms with Crippen LogP contribution in [-0.4, -0.2) is 18.0 Å². The fourth-order valence-electron chi connectivity index (χ4n) is 3.37. The summed E-state index contributed by atoms with van der Waals surface area (Å²) in [6, 6.07) is 7.25. The molecule has 0 fully saturated rings. The van der Waals surface area contributed by atoms with Gasteiger partial charge in [0, 0.05) is 12.1 Å². The van der Waals surface area contributed by atoms with Gasteiger partial charge in [-0.2, -0.15) is 0 Å². The molecule has 0 heterocycles. The third-order valence-electron chi connectivity index (χ3n) is 5.01. The average molecular weight is 350 g/mol. The fraction of sp³-hybridized carbons (Fsp3) is 0.739. The van der Waals surface area contributed by atoms with Gasteiger partial charge in [-0.15, -0.1) is 0 Å². The van der Waals surface area contributed by atoms with E-state index < -0.39 is 0 Å². The van der Waals surface area contributed by atoms with E-state index in [1.165, 1.54) is 77.0 Å². The van der Waals surface area contributed by atoms with Crippen molar-refractivity contribution in [2.45, 2.75) is 97.4 Å². The summed E-state index contributed by atoms with van der Waals surface area (Å²) in [6.07, 6.45) is 15.8. The van der Waals surface area contributed by atoms with E-state index in [4.69, 9.17) is 0 Å². The zero-order chi connectivity index (χ0) is 18.2. The van der Waals surface area contributed by atoms with Crippen molar-refractivity contribution in [2.24, 2.45) is 0 Å². The largest absolute Gasteiger partial charge is 0.299 e. The number of hydrogen-bond acceptors (Lipinski definition) is 1. The molecule has 0 unspecified atom stereocenters. The number of rotatable bonds is 16. The highest BCUT2D eigenvalue weighted by molar-refractivity contribution is 5.17. The lowest BCUT2D eigenvalue weighted by atomic mass is 10.1. The van der Waals surface area contributed by atoms with Crippen LogP contribution in [0.3, 0.4) is 0 Å². The van der Waals surface area contributed by atoms with Gasteiger partial charge < -0.3 is 0 Å². The maximum absolute atomic E-state index is 14.0. The second kappa shape index (κ2) is 15.4. The van der Waals surface area contributed by atoms with Gasteiger partial charge in [0.2, 0.25) is 0 Å². The van der Waals surface area contributed by atoms with Crippen LogP contribution in [0.25, 0.3) is 0 Å². The van der Waals surface area contributed by atoms with Gasteiger partial charge in [-0.05, 0) is 32.0 Å². The first kappa shape index (κ1) is 22.2. The van der Waals surface area contributed by atoms with Crippen LogP contribution in [0.4, 0.5) is 4.39 Å². The van der Waals surface area contributed by atoms with Gasteiger partial charge in [-0.25, -0.2) is 4.39 Å². The molecule has 1 rings (SSSR count). The molecule has 1 aromatic rings. The second-order valence-corrected chi connectivity index (χ2v) is 7.40. The van der Waals surface area contributed by atoms with Crippen molar-refractivity contribution in [1.82, 2.24) is 4.90 Å². The van der Waals surface area contributed by atoms with Crippen molar-refractivity contribution in [3.63, 3.8) is 0 Å². The van der Waals surface area contributed by atoms with Crippen LogP contribution < -0.4 is 0 Å². The third kappa shape index (κ3) is 11.4. The maximum atomic E-state index is 14.0. The van der Waals surface area contributed by atoms with Gasteiger partial charge >= 0.3 is 0 Å². The number of unbranched alkanes of at least 4 members (excludes halogenated alkanes) is 10. The topological polar surface area (TPSA) is 3.24 Å². The summed E-state index contributed by atoms with van der Waals surface area (Å²) in [5, 5.41) is 0. The molecule has 0 aliphatic heterocycles. The van der Waals surface area contributed by atoms with E-state index in [1.54, 1.807) is 12.1 Å². The van der Waals surface area contributed by atoms with E-state index in [2.05, 4.69) is 18.7 Å². The van der Waals surface area contributed by atoms with Crippen molar-refractivity contribution >= 4 is 0 Å². The van der Waals surface area contributed by atoms with Crippen LogP contribution in [0.1, 0.15) is 96.5 Å². The van der Waals surface area contributed by atoms with Crippen molar-refractivity contribution in [3.05, 3.63) is 35.6 Å². The minimum atomic E-state index is -0.0570. The monoisotopic (exact) mass is 349 g/mol. The summed E-state index contributed by atoms with van der Waals surface area (Å²) in [6.45, 7) is 7.49. The molecular formula is C23H40FN. The fourth-order valence-corrected chi connectivity index (χ4v) is 3.37. The molecule has 0 aliphatic carbocycles. The van der Waals surface area contributed by atoms with Crippen LogP contribution >= 0.6 is 0 Å². The second-order valence-electron chi connectivity index (χ2n) is 7.40. The maximum Gasteiger partial charge on any atom is 0.127 e. The molecule has 0 radical (unpaired) electrons. The van der Waals surface area contributed by atoms with Crippen molar-refractivity contribution in [2.75, 3.05) is 13.1 Å². The van der Waals surface area contributed by atoms with Crippen molar-refractivity contribution in [1.29, 1.82) is 0 Å². The van der Waals surface area contributed by atoms with Gasteiger partial charge in [0.25, 0.3) is 0 Å². The molecule has 2 heteroatoms. The van der Waals surface area contributed by atoms with Crippen molar-refractivity contribution < 1.29 is 4.39 Å². The van der Waals surface area contributed by atoms with E-state index in [9.17, 15) is 4.39 Å². The Hall–Kier alpha value is -0.890. The van der Waals surface area contributed by atoms with Crippen LogP contribution in [0.5, 0.6) is 0 Å². The Balaban J connectivity index is 2.34. The minimum absolute atomic E-state index is 0.0570. The lowest BCUT2D eigenvalue weighted by Gasteiger charge is -2.23. The molecule has 0 N–H and O–H groups in total. The predicted octanol–water partition coefficient (Wildman–Crippen LogP) is 7.35. The Morgan fingerprint density at radius 1 is 0.680 bits per heavy atom. The first-order valence-electron chi connectivity index (χ1n) is 10.7. The van der Waals surface area contributed by atoms with E-state index in [0.29, 0.717) is 0 Å². The Kier molecular flexibility index (Phi) is 13.6. The summed E-state index contributed by atoms with van der Waals surface area (Å²) in [7, 11) is 0. The smallest absolute Gasteiger partial charge is 0.127 e. The molecule has 0 aliphatic rings. The predicted molar refractivity (Wildman–Crippen MR) is 108 cm³/mol. The molecule has 0 aromatic heterocycles. The van der Waals surface area contributed by atoms with Crippen LogP contribution in [0.2, 0.25) is 0 Å². The summed E-state index contributed by atoms with van der Waals surface area (Å²) < 4.78 is 14.0. The van der Waals surface area contributed by atoms with E-state index >= 15 is 0 Å². The standard InChI is InChI=1S/C23H40FN/c1-3-5-7-9-11-15-19-25(20-16-12-10-8-6-4-2)21-22-17-13-14-18-23(22)24/h13-14,17-18H,3-12,15-16,19-21H2,1-2H3. The minimum Gasteiger partial charge on any atom is -0.299 e. The molecule has 0 atom stereocenters. The van der Waals surface area contributed by atoms with Crippen LogP contribution in [0, 0.1) is 5.82 Å². The molecule has 0 spiro atoms. The van der Waals surface area contributed by atoms with Gasteiger partial charge in [0.15, 0.2) is 0 Å². The summed E-state index contributed by atoms with van der Waals surface area (Å²) in [5.41, 5.74) is 0.847. The van der Waals surface area contributed by atoms with Gasteiger partial charge in [-0.3, -0.25) is 4.90 Å². The van der Waals surface area contributed by atoms with E-state index in [1.807, 2.05) is 12.1 Å². The number of nitrogens with zero attached hydrogens (tertiary/aromatic N) is 1. The molecule has 0 saturated carbocycles. The Bertz CT molecular complexity index is 402. The molecule has 1 aromatic carbocycles. The lowest BCUT2D eigenvalue weighted by molar-refractivity contribution is 0.249. The summed E-state index contributed by atoms with van der Waals surface area (Å²) >= 11 is 0. The SMILES string of the molecule is CCCCCCCCN(CCCCCCCC)Cc1ccccc1F. The first-order chi connectivity index (χ1) is 12.3. The lowest BCUT2D eigenvalue weighted by Crippen LogP contribution is -2.26. The normalized spacial score (nSPS) is 11.4. The number of halogens is 1. The molecule has 1 nitrogen and oxygen atoms in total. The number of hydrogen-bond donors (Lipinski definition) is 0. The molecule has 25 heavy (non-hydrogen) atoms. The summed E-state index contributed by atoms with van der Waals surface area (Å²) in [4.78, 5) is 2.47. The summed E-state index contributed by atoms with van der Waals surface area (Å²) in [5.74, 6) is -0.0570. The van der Waals surface area contributed by atoms with Gasteiger partial charge in [-0.1, -0.05) is 96.3 Å². The Morgan fingerprint density at radius 3 is 1.68 bits per heavy atom. The van der Waals surface area contributed by atoms with Crippen LogP contribution in [0.15, 0.2) is 24.3 Å². The van der Waals surface area contributed by atoms with Crippen LogP contribution in [-0.2, 0) is 6.54 Å². The van der Waals surface area contributed by atoms with Gasteiger partial charge in [0.05, 0.1) is 0 Å². The Morgan fingerprint density at radius 2 is 1.16 bits per heavy atom. The highest BCUT2D eigenvalue weighted by atomic mass is 19.1. The first-order valence-corrected chi connectivity index (χ1v) is 10.7. The molecule has 0 amide bonds. The van der Waals surface area contributed by atoms with E-state index in [0.717, 1.165) is 25.2 Å². The molecule has 0 saturated heterocycles. The molecular weight excluding hydrogens is 309 g/mol. The van der Waals surface area contributed by atoms with Gasteiger partial charge in [0.1, 0.15) is 5.82 Å². The quantitative estimate of drug-likeness (QED) is 0.282. The Labute approximate surface area is 156 Å². The van der Waals surface area contributed by atoms with E-state index in [-0.39, 0.29) is 5.82 Å². The molecule has 0 bridgehead atoms. The highest BCUT2D eigenvalue weighted by Crippen LogP contribution is 2.14. The average Bonchev–Trinajstić information content (AvgIpc) is 2.62. The third-order valence-corrected chi connectivity index (χ3v) is 5.01. The van der Waals surface area contributed by atoms with Crippen molar-refractivity contribution in [3.8, 4) is 0 Å². The highest BCUT2D eigenvalue weighted by Gasteiger charge is 2.09. The molecule has 144 valence electrons. The number of benzene rings is 1.